The zero-order valence-corrected chi connectivity index (χ0v) is 12.9. The Hall–Kier alpha value is -0.420. The molecule has 0 radical (unpaired) electrons. The Morgan fingerprint density at radius 1 is 1.06 bits per heavy atom. The number of hydrogen-bond acceptors (Lipinski definition) is 1. The highest BCUT2D eigenvalue weighted by atomic mass is 79.9. The fourth-order valence-corrected chi connectivity index (χ4v) is 2.64. The van der Waals surface area contributed by atoms with E-state index in [1.807, 2.05) is 6.07 Å². The van der Waals surface area contributed by atoms with Crippen LogP contribution in [0.4, 0.5) is 4.39 Å². The van der Waals surface area contributed by atoms with E-state index in [4.69, 9.17) is 11.6 Å². The predicted molar refractivity (Wildman–Crippen MR) is 77.3 cm³/mol. The molecule has 0 spiro atoms. The van der Waals surface area contributed by atoms with Crippen molar-refractivity contribution in [3.63, 3.8) is 0 Å². The van der Waals surface area contributed by atoms with E-state index in [9.17, 15) is 9.50 Å². The van der Waals surface area contributed by atoms with Crippen molar-refractivity contribution in [3.05, 3.63) is 67.3 Å². The summed E-state index contributed by atoms with van der Waals surface area (Å²) in [5.74, 6) is -0.487. The highest BCUT2D eigenvalue weighted by molar-refractivity contribution is 9.11. The van der Waals surface area contributed by atoms with Crippen molar-refractivity contribution in [2.45, 2.75) is 6.10 Å². The third-order valence-electron chi connectivity index (χ3n) is 2.51. The topological polar surface area (TPSA) is 20.2 Å². The van der Waals surface area contributed by atoms with Crippen molar-refractivity contribution in [2.24, 2.45) is 0 Å². The average molecular weight is 394 g/mol. The van der Waals surface area contributed by atoms with Gasteiger partial charge in [-0.2, -0.15) is 0 Å². The van der Waals surface area contributed by atoms with Crippen LogP contribution >= 0.6 is 43.5 Å². The Balaban J connectivity index is 2.50. The van der Waals surface area contributed by atoms with Crippen molar-refractivity contribution in [1.29, 1.82) is 0 Å². The third-order valence-corrected chi connectivity index (χ3v) is 3.96. The molecule has 0 heterocycles. The first-order valence-electron chi connectivity index (χ1n) is 5.07. The van der Waals surface area contributed by atoms with Crippen LogP contribution in [0.1, 0.15) is 17.2 Å². The molecular weight excluding hydrogens is 386 g/mol. The molecule has 0 aliphatic carbocycles. The molecule has 1 nitrogen and oxygen atoms in total. The first-order valence-corrected chi connectivity index (χ1v) is 7.03. The maximum atomic E-state index is 13.7. The molecule has 0 aliphatic heterocycles. The summed E-state index contributed by atoms with van der Waals surface area (Å²) in [6.45, 7) is 0. The van der Waals surface area contributed by atoms with Crippen molar-refractivity contribution < 1.29 is 9.50 Å². The Kier molecular flexibility index (Phi) is 4.43. The summed E-state index contributed by atoms with van der Waals surface area (Å²) in [5, 5.41) is 10.6. The van der Waals surface area contributed by atoms with Gasteiger partial charge in [0.15, 0.2) is 0 Å². The number of benzene rings is 2. The van der Waals surface area contributed by atoms with Crippen LogP contribution in [0, 0.1) is 5.82 Å². The van der Waals surface area contributed by atoms with Gasteiger partial charge in [-0.05, 0) is 36.4 Å². The Bertz CT molecular complexity index is 538. The third kappa shape index (κ3) is 2.94. The van der Waals surface area contributed by atoms with Crippen molar-refractivity contribution in [1.82, 2.24) is 0 Å². The molecule has 0 saturated heterocycles. The van der Waals surface area contributed by atoms with E-state index >= 15 is 0 Å². The summed E-state index contributed by atoms with van der Waals surface area (Å²) in [7, 11) is 0. The van der Waals surface area contributed by atoms with E-state index in [-0.39, 0.29) is 5.56 Å². The van der Waals surface area contributed by atoms with Gasteiger partial charge in [-0.1, -0.05) is 43.5 Å². The van der Waals surface area contributed by atoms with Crippen molar-refractivity contribution in [2.75, 3.05) is 0 Å². The lowest BCUT2D eigenvalue weighted by molar-refractivity contribution is 0.214. The normalized spacial score (nSPS) is 12.5. The molecule has 0 fully saturated rings. The zero-order valence-electron chi connectivity index (χ0n) is 9.00. The highest BCUT2D eigenvalue weighted by Gasteiger charge is 2.18. The lowest BCUT2D eigenvalue weighted by Gasteiger charge is -2.15. The molecule has 2 aromatic carbocycles. The van der Waals surface area contributed by atoms with E-state index in [1.54, 1.807) is 12.1 Å². The monoisotopic (exact) mass is 392 g/mol. The van der Waals surface area contributed by atoms with Crippen LogP contribution in [0.5, 0.6) is 0 Å². The SMILES string of the molecule is OC(c1cc(Cl)ccc1F)c1cc(Br)ccc1Br. The minimum absolute atomic E-state index is 0.154. The van der Waals surface area contributed by atoms with Crippen LogP contribution in [-0.2, 0) is 0 Å². The highest BCUT2D eigenvalue weighted by Crippen LogP contribution is 2.33. The Morgan fingerprint density at radius 2 is 1.78 bits per heavy atom. The van der Waals surface area contributed by atoms with Crippen LogP contribution in [0.25, 0.3) is 0 Å². The molecule has 18 heavy (non-hydrogen) atoms. The second-order valence-corrected chi connectivity index (χ2v) is 5.94. The summed E-state index contributed by atoms with van der Waals surface area (Å²) < 4.78 is 15.2. The van der Waals surface area contributed by atoms with Crippen molar-refractivity contribution >= 4 is 43.5 Å². The van der Waals surface area contributed by atoms with E-state index in [0.717, 1.165) is 4.47 Å². The van der Waals surface area contributed by atoms with E-state index < -0.39 is 11.9 Å². The molecule has 0 saturated carbocycles. The fourth-order valence-electron chi connectivity index (χ4n) is 1.62. The molecule has 2 aromatic rings. The van der Waals surface area contributed by atoms with Crippen LogP contribution in [0.15, 0.2) is 45.3 Å². The maximum Gasteiger partial charge on any atom is 0.129 e. The summed E-state index contributed by atoms with van der Waals surface area (Å²) in [5.41, 5.74) is 0.729. The molecule has 1 atom stereocenters. The van der Waals surface area contributed by atoms with Crippen LogP contribution in [-0.4, -0.2) is 5.11 Å². The van der Waals surface area contributed by atoms with E-state index in [0.29, 0.717) is 15.1 Å². The number of aliphatic hydroxyl groups is 1. The average Bonchev–Trinajstić information content (AvgIpc) is 2.34. The Labute approximate surface area is 126 Å². The predicted octanol–water partition coefficient (Wildman–Crippen LogP) is 5.09. The smallest absolute Gasteiger partial charge is 0.129 e. The van der Waals surface area contributed by atoms with Gasteiger partial charge >= 0.3 is 0 Å². The molecule has 0 bridgehead atoms. The van der Waals surface area contributed by atoms with Gasteiger partial charge in [0.2, 0.25) is 0 Å². The molecule has 0 aliphatic rings. The van der Waals surface area contributed by atoms with Crippen LogP contribution in [0.2, 0.25) is 5.02 Å². The summed E-state index contributed by atoms with van der Waals surface area (Å²) in [6, 6.07) is 9.46. The summed E-state index contributed by atoms with van der Waals surface area (Å²) in [6.07, 6.45) is -1.07. The van der Waals surface area contributed by atoms with Crippen molar-refractivity contribution in [3.8, 4) is 0 Å². The first-order chi connectivity index (χ1) is 8.49. The van der Waals surface area contributed by atoms with Gasteiger partial charge in [-0.3, -0.25) is 0 Å². The van der Waals surface area contributed by atoms with Gasteiger partial charge in [0, 0.05) is 25.1 Å². The Morgan fingerprint density at radius 3 is 2.50 bits per heavy atom. The van der Waals surface area contributed by atoms with Crippen LogP contribution < -0.4 is 0 Å². The fraction of sp³-hybridized carbons (Fsp3) is 0.0769. The minimum atomic E-state index is -1.07. The second kappa shape index (κ2) is 5.70. The van der Waals surface area contributed by atoms with Gasteiger partial charge < -0.3 is 5.11 Å². The number of halogens is 4. The largest absolute Gasteiger partial charge is 0.384 e. The summed E-state index contributed by atoms with van der Waals surface area (Å²) in [4.78, 5) is 0. The standard InChI is InChI=1S/C13H8Br2ClFO/c14-7-1-3-11(15)9(5-7)13(18)10-6-8(16)2-4-12(10)17/h1-6,13,18H. The van der Waals surface area contributed by atoms with Crippen LogP contribution in [0.3, 0.4) is 0 Å². The van der Waals surface area contributed by atoms with Gasteiger partial charge in [-0.15, -0.1) is 0 Å². The first kappa shape index (κ1) is 14.0. The molecule has 0 aromatic heterocycles. The minimum Gasteiger partial charge on any atom is -0.384 e. The van der Waals surface area contributed by atoms with Gasteiger partial charge in [-0.25, -0.2) is 4.39 Å². The molecule has 94 valence electrons. The molecular formula is C13H8Br2ClFO. The molecule has 1 unspecified atom stereocenters. The molecule has 5 heteroatoms. The number of hydrogen-bond donors (Lipinski definition) is 1. The van der Waals surface area contributed by atoms with Gasteiger partial charge in [0.05, 0.1) is 0 Å². The molecule has 0 amide bonds. The number of rotatable bonds is 2. The van der Waals surface area contributed by atoms with E-state index in [1.165, 1.54) is 18.2 Å². The number of aliphatic hydroxyl groups excluding tert-OH is 1. The molecule has 1 N–H and O–H groups in total. The molecule has 2 rings (SSSR count). The van der Waals surface area contributed by atoms with E-state index in [2.05, 4.69) is 31.9 Å². The zero-order chi connectivity index (χ0) is 13.3. The lowest BCUT2D eigenvalue weighted by Crippen LogP contribution is -2.03. The quantitative estimate of drug-likeness (QED) is 0.753. The van der Waals surface area contributed by atoms with Gasteiger partial charge in [0.1, 0.15) is 11.9 Å². The lowest BCUT2D eigenvalue weighted by atomic mass is 10.0. The summed E-state index contributed by atoms with van der Waals surface area (Å²) >= 11 is 12.5. The van der Waals surface area contributed by atoms with Gasteiger partial charge in [0.25, 0.3) is 0 Å². The second-order valence-electron chi connectivity index (χ2n) is 3.73. The maximum absolute atomic E-state index is 13.7.